The summed E-state index contributed by atoms with van der Waals surface area (Å²) in [6.45, 7) is 5.28. The van der Waals surface area contributed by atoms with Crippen molar-refractivity contribution in [2.24, 2.45) is 0 Å². The predicted octanol–water partition coefficient (Wildman–Crippen LogP) is 2.30. The zero-order chi connectivity index (χ0) is 20.0. The number of hydrogen-bond acceptors (Lipinski definition) is 6. The average Bonchev–Trinajstić information content (AvgIpc) is 3.12. The molecule has 0 aliphatic carbocycles. The van der Waals surface area contributed by atoms with E-state index >= 15 is 0 Å². The van der Waals surface area contributed by atoms with Crippen LogP contribution < -0.4 is 10.0 Å². The molecule has 27 heavy (non-hydrogen) atoms. The molecule has 9 heteroatoms. The van der Waals surface area contributed by atoms with Crippen LogP contribution in [0.15, 0.2) is 46.7 Å². The Labute approximate surface area is 162 Å². The second-order valence-corrected chi connectivity index (χ2v) is 8.89. The van der Waals surface area contributed by atoms with Gasteiger partial charge in [-0.05, 0) is 56.5 Å². The first-order chi connectivity index (χ1) is 12.7. The van der Waals surface area contributed by atoms with Crippen LogP contribution in [0.25, 0.3) is 0 Å². The maximum atomic E-state index is 12.2. The largest absolute Gasteiger partial charge is 0.449 e. The summed E-state index contributed by atoms with van der Waals surface area (Å²) in [5.41, 5.74) is 0.163. The van der Waals surface area contributed by atoms with E-state index in [1.165, 1.54) is 42.5 Å². The van der Waals surface area contributed by atoms with Gasteiger partial charge in [0, 0.05) is 10.9 Å². The molecule has 146 valence electrons. The molecule has 2 aromatic rings. The van der Waals surface area contributed by atoms with Crippen LogP contribution in [0, 0.1) is 0 Å². The molecule has 0 bridgehead atoms. The number of esters is 1. The van der Waals surface area contributed by atoms with Crippen molar-refractivity contribution in [1.29, 1.82) is 0 Å². The molecule has 1 aromatic carbocycles. The lowest BCUT2D eigenvalue weighted by molar-refractivity contribution is -0.129. The van der Waals surface area contributed by atoms with Crippen LogP contribution in [0.2, 0.25) is 0 Å². The second-order valence-electron chi connectivity index (χ2n) is 6.15. The number of carbonyl (C=O) groups excluding carboxylic acids is 2. The van der Waals surface area contributed by atoms with Crippen molar-refractivity contribution in [3.63, 3.8) is 0 Å². The van der Waals surface area contributed by atoms with Crippen molar-refractivity contribution in [2.75, 3.05) is 0 Å². The molecule has 0 saturated heterocycles. The summed E-state index contributed by atoms with van der Waals surface area (Å²) >= 11 is 1.52. The predicted molar refractivity (Wildman–Crippen MR) is 103 cm³/mol. The van der Waals surface area contributed by atoms with Crippen LogP contribution in [0.5, 0.6) is 0 Å². The fourth-order valence-electron chi connectivity index (χ4n) is 2.16. The smallest absolute Gasteiger partial charge is 0.338 e. The normalized spacial score (nSPS) is 12.6. The van der Waals surface area contributed by atoms with Gasteiger partial charge in [0.25, 0.3) is 5.91 Å². The maximum absolute atomic E-state index is 12.2. The number of thiophene rings is 1. The van der Waals surface area contributed by atoms with Crippen molar-refractivity contribution in [3.05, 3.63) is 52.2 Å². The van der Waals surface area contributed by atoms with E-state index in [4.69, 9.17) is 4.74 Å². The van der Waals surface area contributed by atoms with Crippen LogP contribution >= 0.6 is 11.3 Å². The van der Waals surface area contributed by atoms with Gasteiger partial charge in [-0.25, -0.2) is 17.9 Å². The number of ether oxygens (including phenoxy) is 1. The van der Waals surface area contributed by atoms with Gasteiger partial charge < -0.3 is 10.1 Å². The first-order valence-corrected chi connectivity index (χ1v) is 10.7. The molecule has 1 aromatic heterocycles. The SMILES string of the molecule is CC(C)NS(=O)(=O)c1ccc(C(=O)OC(C)C(=O)NCc2cccs2)cc1. The van der Waals surface area contributed by atoms with E-state index in [2.05, 4.69) is 10.0 Å². The van der Waals surface area contributed by atoms with Gasteiger partial charge in [0.05, 0.1) is 17.0 Å². The molecule has 1 amide bonds. The summed E-state index contributed by atoms with van der Waals surface area (Å²) in [5.74, 6) is -1.10. The number of rotatable bonds is 8. The summed E-state index contributed by atoms with van der Waals surface area (Å²) in [7, 11) is -3.63. The molecule has 1 atom stereocenters. The third kappa shape index (κ3) is 6.16. The number of sulfonamides is 1. The summed E-state index contributed by atoms with van der Waals surface area (Å²) < 4.78 is 31.8. The quantitative estimate of drug-likeness (QED) is 0.650. The van der Waals surface area contributed by atoms with Crippen LogP contribution in [0.1, 0.15) is 36.0 Å². The summed E-state index contributed by atoms with van der Waals surface area (Å²) in [4.78, 5) is 25.2. The van der Waals surface area contributed by atoms with E-state index in [9.17, 15) is 18.0 Å². The van der Waals surface area contributed by atoms with Gasteiger partial charge in [-0.3, -0.25) is 4.79 Å². The van der Waals surface area contributed by atoms with E-state index < -0.39 is 28.0 Å². The van der Waals surface area contributed by atoms with Gasteiger partial charge in [-0.2, -0.15) is 0 Å². The van der Waals surface area contributed by atoms with E-state index in [0.717, 1.165) is 4.88 Å². The van der Waals surface area contributed by atoms with Crippen molar-refractivity contribution >= 4 is 33.2 Å². The lowest BCUT2D eigenvalue weighted by Gasteiger charge is -2.13. The van der Waals surface area contributed by atoms with Gasteiger partial charge in [0.15, 0.2) is 6.10 Å². The highest BCUT2D eigenvalue weighted by Crippen LogP contribution is 2.13. The van der Waals surface area contributed by atoms with E-state index in [-0.39, 0.29) is 16.5 Å². The lowest BCUT2D eigenvalue weighted by atomic mass is 10.2. The molecule has 1 unspecified atom stereocenters. The Bertz CT molecular complexity index is 875. The first-order valence-electron chi connectivity index (χ1n) is 8.32. The zero-order valence-corrected chi connectivity index (χ0v) is 16.9. The molecular formula is C18H22N2O5S2. The fourth-order valence-corrected chi connectivity index (χ4v) is 4.06. The Morgan fingerprint density at radius 2 is 1.78 bits per heavy atom. The highest BCUT2D eigenvalue weighted by Gasteiger charge is 2.20. The third-order valence-electron chi connectivity index (χ3n) is 3.46. The molecule has 2 rings (SSSR count). The highest BCUT2D eigenvalue weighted by atomic mass is 32.2. The molecule has 0 saturated carbocycles. The van der Waals surface area contributed by atoms with Crippen molar-refractivity contribution in [1.82, 2.24) is 10.0 Å². The molecular weight excluding hydrogens is 388 g/mol. The van der Waals surface area contributed by atoms with Crippen molar-refractivity contribution in [2.45, 2.75) is 44.4 Å². The maximum Gasteiger partial charge on any atom is 0.338 e. The van der Waals surface area contributed by atoms with Gasteiger partial charge in [-0.1, -0.05) is 6.07 Å². The van der Waals surface area contributed by atoms with Gasteiger partial charge in [0.1, 0.15) is 0 Å². The minimum absolute atomic E-state index is 0.0505. The van der Waals surface area contributed by atoms with E-state index in [1.807, 2.05) is 17.5 Å². The van der Waals surface area contributed by atoms with Crippen LogP contribution in [-0.2, 0) is 26.1 Å². The monoisotopic (exact) mass is 410 g/mol. The molecule has 0 radical (unpaired) electrons. The number of benzene rings is 1. The van der Waals surface area contributed by atoms with E-state index in [0.29, 0.717) is 6.54 Å². The Balaban J connectivity index is 1.94. The summed E-state index contributed by atoms with van der Waals surface area (Å²) in [6, 6.07) is 8.89. The Morgan fingerprint density at radius 1 is 1.11 bits per heavy atom. The van der Waals surface area contributed by atoms with Crippen molar-refractivity contribution in [3.8, 4) is 0 Å². The second kappa shape index (κ2) is 9.12. The summed E-state index contributed by atoms with van der Waals surface area (Å²) in [5, 5.41) is 4.60. The van der Waals surface area contributed by atoms with Crippen molar-refractivity contribution < 1.29 is 22.7 Å². The number of nitrogens with one attached hydrogen (secondary N) is 2. The molecule has 0 fully saturated rings. The molecule has 0 spiro atoms. The Hall–Kier alpha value is -2.23. The average molecular weight is 411 g/mol. The van der Waals surface area contributed by atoms with Crippen LogP contribution in [0.4, 0.5) is 0 Å². The third-order valence-corrected chi connectivity index (χ3v) is 6.01. The van der Waals surface area contributed by atoms with E-state index in [1.54, 1.807) is 13.8 Å². The number of carbonyl (C=O) groups is 2. The summed E-state index contributed by atoms with van der Waals surface area (Å²) in [6.07, 6.45) is -0.969. The molecule has 1 heterocycles. The minimum atomic E-state index is -3.63. The molecule has 7 nitrogen and oxygen atoms in total. The Kier molecular flexibility index (Phi) is 7.11. The van der Waals surface area contributed by atoms with Crippen LogP contribution in [-0.4, -0.2) is 32.4 Å². The van der Waals surface area contributed by atoms with Crippen LogP contribution in [0.3, 0.4) is 0 Å². The van der Waals surface area contributed by atoms with Gasteiger partial charge >= 0.3 is 5.97 Å². The number of amides is 1. The highest BCUT2D eigenvalue weighted by molar-refractivity contribution is 7.89. The standard InChI is InChI=1S/C18H22N2O5S2/c1-12(2)20-27(23,24)16-8-6-14(7-9-16)18(22)25-13(3)17(21)19-11-15-5-4-10-26-15/h4-10,12-13,20H,11H2,1-3H3,(H,19,21). The number of hydrogen-bond donors (Lipinski definition) is 2. The zero-order valence-electron chi connectivity index (χ0n) is 15.3. The molecule has 0 aliphatic heterocycles. The Morgan fingerprint density at radius 3 is 2.33 bits per heavy atom. The molecule has 0 aliphatic rings. The lowest BCUT2D eigenvalue weighted by Crippen LogP contribution is -2.35. The molecule has 2 N–H and O–H groups in total. The van der Waals surface area contributed by atoms with Gasteiger partial charge in [0.2, 0.25) is 10.0 Å². The van der Waals surface area contributed by atoms with Gasteiger partial charge in [-0.15, -0.1) is 11.3 Å². The minimum Gasteiger partial charge on any atom is -0.449 e. The fraction of sp³-hybridized carbons (Fsp3) is 0.333. The first kappa shape index (κ1) is 21.1. The topological polar surface area (TPSA) is 102 Å².